The molecule has 8 nitrogen and oxygen atoms in total. The van der Waals surface area contributed by atoms with Crippen molar-refractivity contribution >= 4 is 23.9 Å². The molecule has 3 heterocycles. The normalized spacial score (nSPS) is 22.5. The highest BCUT2D eigenvalue weighted by atomic mass is 35.5. The van der Waals surface area contributed by atoms with Gasteiger partial charge >= 0.3 is 12.4 Å². The average molecular weight is 491 g/mol. The maximum atomic E-state index is 13.6. The number of anilines is 1. The standard InChI is InChI=1S/C17H16F6N4O4.ClH/c1-7-5-8(28)3-2-4-15(29,17(21,22)23)14-27-26-13(31-14)11-10(24)6-9(16(18,19)20)12(25-11)30-7;/h6-7,29H,2-5,24H2,1H3;1H/t7-,15-;/m1./s1. The Morgan fingerprint density at radius 1 is 1.22 bits per heavy atom. The topological polar surface area (TPSA) is 124 Å². The van der Waals surface area contributed by atoms with E-state index in [1.807, 2.05) is 0 Å². The summed E-state index contributed by atoms with van der Waals surface area (Å²) in [6.07, 6.45) is -13.4. The number of carbonyl (C=O) groups excluding carboxylic acids is 1. The first-order valence-electron chi connectivity index (χ1n) is 8.92. The highest BCUT2D eigenvalue weighted by Crippen LogP contribution is 2.44. The lowest BCUT2D eigenvalue weighted by Gasteiger charge is -2.27. The maximum absolute atomic E-state index is 13.6. The molecule has 1 aliphatic rings. The van der Waals surface area contributed by atoms with Crippen molar-refractivity contribution in [1.29, 1.82) is 0 Å². The molecule has 0 radical (unpaired) electrons. The quantitative estimate of drug-likeness (QED) is 0.534. The van der Waals surface area contributed by atoms with E-state index < -0.39 is 77.3 Å². The van der Waals surface area contributed by atoms with Crippen molar-refractivity contribution in [2.24, 2.45) is 0 Å². The molecule has 4 bridgehead atoms. The second kappa shape index (κ2) is 8.73. The first-order chi connectivity index (χ1) is 14.2. The first kappa shape index (κ1) is 25.6. The Balaban J connectivity index is 0.00000363. The van der Waals surface area contributed by atoms with E-state index in [1.54, 1.807) is 0 Å². The molecule has 0 aromatic carbocycles. The Morgan fingerprint density at radius 2 is 1.88 bits per heavy atom. The molecule has 15 heteroatoms. The number of hydrogen-bond donors (Lipinski definition) is 2. The minimum Gasteiger partial charge on any atom is -0.474 e. The number of nitrogens with two attached hydrogens (primary N) is 1. The van der Waals surface area contributed by atoms with Crippen molar-refractivity contribution in [1.82, 2.24) is 15.2 Å². The van der Waals surface area contributed by atoms with Crippen LogP contribution in [0.4, 0.5) is 32.0 Å². The Kier molecular flexibility index (Phi) is 7.00. The summed E-state index contributed by atoms with van der Waals surface area (Å²) in [7, 11) is 0. The van der Waals surface area contributed by atoms with E-state index in [2.05, 4.69) is 15.2 Å². The summed E-state index contributed by atoms with van der Waals surface area (Å²) in [5.41, 5.74) is -0.528. The number of Topliss-reactive ketones (excluding diaryl/α,β-unsaturated/α-hetero) is 1. The molecule has 0 saturated heterocycles. The van der Waals surface area contributed by atoms with Crippen LogP contribution in [0.3, 0.4) is 0 Å². The Labute approximate surface area is 182 Å². The van der Waals surface area contributed by atoms with Gasteiger partial charge in [-0.2, -0.15) is 26.3 Å². The molecule has 0 aliphatic carbocycles. The molecule has 3 rings (SSSR count). The van der Waals surface area contributed by atoms with Gasteiger partial charge in [0.1, 0.15) is 17.5 Å². The van der Waals surface area contributed by atoms with Crippen molar-refractivity contribution in [3.05, 3.63) is 17.5 Å². The summed E-state index contributed by atoms with van der Waals surface area (Å²) in [4.78, 5) is 15.7. The number of pyridine rings is 1. The van der Waals surface area contributed by atoms with E-state index >= 15 is 0 Å². The summed E-state index contributed by atoms with van der Waals surface area (Å²) in [6, 6.07) is 0.456. The number of carbonyl (C=O) groups is 1. The van der Waals surface area contributed by atoms with Gasteiger partial charge < -0.3 is 20.0 Å². The van der Waals surface area contributed by atoms with E-state index in [-0.39, 0.29) is 25.2 Å². The van der Waals surface area contributed by atoms with Gasteiger partial charge in [0.25, 0.3) is 11.8 Å². The fraction of sp³-hybridized carbons (Fsp3) is 0.529. The van der Waals surface area contributed by atoms with Crippen LogP contribution in [0.2, 0.25) is 0 Å². The predicted molar refractivity (Wildman–Crippen MR) is 97.7 cm³/mol. The second-order valence-corrected chi connectivity index (χ2v) is 7.07. The van der Waals surface area contributed by atoms with E-state index in [1.165, 1.54) is 6.92 Å². The van der Waals surface area contributed by atoms with Crippen molar-refractivity contribution in [2.45, 2.75) is 56.7 Å². The van der Waals surface area contributed by atoms with Crippen LogP contribution in [0, 0.1) is 0 Å². The molecular weight excluding hydrogens is 474 g/mol. The zero-order chi connectivity index (χ0) is 23.2. The summed E-state index contributed by atoms with van der Waals surface area (Å²) in [5.74, 6) is -3.53. The monoisotopic (exact) mass is 490 g/mol. The van der Waals surface area contributed by atoms with Crippen LogP contribution in [0.1, 0.15) is 44.1 Å². The molecule has 1 aliphatic heterocycles. The number of aromatic nitrogens is 3. The minimum atomic E-state index is -5.24. The van der Waals surface area contributed by atoms with Gasteiger partial charge in [-0.1, -0.05) is 0 Å². The van der Waals surface area contributed by atoms with Gasteiger partial charge in [-0.05, 0) is 25.8 Å². The average Bonchev–Trinajstić information content (AvgIpc) is 3.10. The number of fused-ring (bicyclic) bond motifs is 5. The Bertz CT molecular complexity index is 996. The van der Waals surface area contributed by atoms with Gasteiger partial charge in [-0.25, -0.2) is 4.98 Å². The van der Waals surface area contributed by atoms with Gasteiger partial charge in [0.2, 0.25) is 11.5 Å². The fourth-order valence-electron chi connectivity index (χ4n) is 3.03. The Hall–Kier alpha value is -2.61. The van der Waals surface area contributed by atoms with Crippen LogP contribution in [0.15, 0.2) is 10.5 Å². The van der Waals surface area contributed by atoms with E-state index in [9.17, 15) is 36.2 Å². The van der Waals surface area contributed by atoms with Crippen LogP contribution in [-0.4, -0.2) is 38.4 Å². The summed E-state index contributed by atoms with van der Waals surface area (Å²) in [6.45, 7) is 1.30. The third-order valence-corrected chi connectivity index (χ3v) is 4.59. The van der Waals surface area contributed by atoms with Gasteiger partial charge in [0.15, 0.2) is 5.69 Å². The number of nitrogen functional groups attached to an aromatic ring is 1. The number of hydrogen-bond acceptors (Lipinski definition) is 8. The lowest BCUT2D eigenvalue weighted by atomic mass is 9.94. The highest BCUT2D eigenvalue weighted by molar-refractivity contribution is 5.85. The minimum absolute atomic E-state index is 0. The van der Waals surface area contributed by atoms with Crippen LogP contribution in [0.25, 0.3) is 11.6 Å². The van der Waals surface area contributed by atoms with Gasteiger partial charge in [-0.15, -0.1) is 22.6 Å². The number of nitrogens with zero attached hydrogens (tertiary/aromatic N) is 3. The number of aliphatic hydroxyl groups is 1. The van der Waals surface area contributed by atoms with Crippen molar-refractivity contribution in [3.8, 4) is 17.5 Å². The molecule has 2 aromatic rings. The smallest absolute Gasteiger partial charge is 0.426 e. The molecule has 0 unspecified atom stereocenters. The van der Waals surface area contributed by atoms with Gasteiger partial charge in [0.05, 0.1) is 5.69 Å². The second-order valence-electron chi connectivity index (χ2n) is 7.07. The molecule has 0 saturated carbocycles. The van der Waals surface area contributed by atoms with E-state index in [4.69, 9.17) is 14.9 Å². The molecule has 0 spiro atoms. The molecule has 2 atom stereocenters. The van der Waals surface area contributed by atoms with Gasteiger partial charge in [0, 0.05) is 12.8 Å². The van der Waals surface area contributed by atoms with Gasteiger partial charge in [-0.3, -0.25) is 4.79 Å². The zero-order valence-corrected chi connectivity index (χ0v) is 17.1. The Morgan fingerprint density at radius 3 is 2.47 bits per heavy atom. The molecule has 178 valence electrons. The number of halogens is 7. The lowest BCUT2D eigenvalue weighted by Crippen LogP contribution is -2.42. The first-order valence-corrected chi connectivity index (χ1v) is 8.92. The SMILES string of the molecule is C[C@@H]1CC(=O)CCC[C@](O)(C(F)(F)F)c2nnc(o2)-c2nc(c(C(F)(F)F)cc2N)O1.Cl. The van der Waals surface area contributed by atoms with Crippen molar-refractivity contribution in [3.63, 3.8) is 0 Å². The molecule has 3 N–H and O–H groups in total. The summed E-state index contributed by atoms with van der Waals surface area (Å²) < 4.78 is 91.0. The number of rotatable bonds is 0. The van der Waals surface area contributed by atoms with Crippen LogP contribution in [-0.2, 0) is 16.6 Å². The van der Waals surface area contributed by atoms with Crippen LogP contribution < -0.4 is 10.5 Å². The molecule has 32 heavy (non-hydrogen) atoms. The zero-order valence-electron chi connectivity index (χ0n) is 16.3. The third kappa shape index (κ3) is 4.90. The number of ketones is 1. The summed E-state index contributed by atoms with van der Waals surface area (Å²) in [5, 5.41) is 16.8. The van der Waals surface area contributed by atoms with Crippen LogP contribution in [0.5, 0.6) is 5.88 Å². The predicted octanol–water partition coefficient (Wildman–Crippen LogP) is 3.81. The molecule has 0 fully saturated rings. The largest absolute Gasteiger partial charge is 0.474 e. The summed E-state index contributed by atoms with van der Waals surface area (Å²) >= 11 is 0. The van der Waals surface area contributed by atoms with Crippen molar-refractivity contribution in [2.75, 3.05) is 5.73 Å². The number of alkyl halides is 6. The maximum Gasteiger partial charge on any atom is 0.426 e. The molecular formula is C17H17ClF6N4O4. The lowest BCUT2D eigenvalue weighted by molar-refractivity contribution is -0.277. The van der Waals surface area contributed by atoms with Crippen LogP contribution >= 0.6 is 12.4 Å². The molecule has 0 amide bonds. The van der Waals surface area contributed by atoms with E-state index in [0.717, 1.165) is 0 Å². The highest BCUT2D eigenvalue weighted by Gasteiger charge is 2.58. The third-order valence-electron chi connectivity index (χ3n) is 4.59. The molecule has 2 aromatic heterocycles. The van der Waals surface area contributed by atoms with E-state index in [0.29, 0.717) is 6.07 Å². The number of ether oxygens (including phenoxy) is 1. The fourth-order valence-corrected chi connectivity index (χ4v) is 3.03. The van der Waals surface area contributed by atoms with Crippen molar-refractivity contribution < 1.29 is 45.4 Å².